The highest BCUT2D eigenvalue weighted by Gasteiger charge is 2.18. The van der Waals surface area contributed by atoms with Gasteiger partial charge in [-0.25, -0.2) is 4.98 Å². The number of aromatic nitrogens is 2. The minimum Gasteiger partial charge on any atom is -0.486 e. The van der Waals surface area contributed by atoms with E-state index in [1.54, 1.807) is 28.8 Å². The highest BCUT2D eigenvalue weighted by atomic mass is 32.2. The minimum atomic E-state index is -0.155. The molecule has 0 aliphatic carbocycles. The molecule has 0 saturated carbocycles. The van der Waals surface area contributed by atoms with E-state index < -0.39 is 0 Å². The van der Waals surface area contributed by atoms with Crippen molar-refractivity contribution in [2.45, 2.75) is 19.0 Å². The molecule has 0 N–H and O–H groups in total. The Kier molecular flexibility index (Phi) is 5.64. The van der Waals surface area contributed by atoms with Crippen molar-refractivity contribution in [2.75, 3.05) is 19.0 Å². The molecule has 2 heterocycles. The molecule has 0 amide bonds. The van der Waals surface area contributed by atoms with Gasteiger partial charge in [0.2, 0.25) is 0 Å². The second-order valence-electron chi connectivity index (χ2n) is 7.89. The van der Waals surface area contributed by atoms with Crippen molar-refractivity contribution in [3.05, 3.63) is 87.7 Å². The van der Waals surface area contributed by atoms with Crippen molar-refractivity contribution in [1.82, 2.24) is 9.55 Å². The molecule has 166 valence electrons. The predicted octanol–water partition coefficient (Wildman–Crippen LogP) is 4.75. The molecule has 33 heavy (non-hydrogen) atoms. The lowest BCUT2D eigenvalue weighted by Gasteiger charge is -2.18. The van der Waals surface area contributed by atoms with Crippen molar-refractivity contribution in [1.29, 1.82) is 0 Å². The number of hydrogen-bond acceptors (Lipinski definition) is 6. The van der Waals surface area contributed by atoms with Crippen LogP contribution in [-0.4, -0.2) is 34.3 Å². The molecule has 0 radical (unpaired) electrons. The second-order valence-corrected chi connectivity index (χ2v) is 8.83. The number of nitrogens with zero attached hydrogens (tertiary/aromatic N) is 2. The van der Waals surface area contributed by atoms with E-state index in [1.165, 1.54) is 11.8 Å². The Morgan fingerprint density at radius 1 is 0.970 bits per heavy atom. The molecule has 0 atom stereocenters. The maximum atomic E-state index is 13.4. The van der Waals surface area contributed by atoms with Gasteiger partial charge in [-0.05, 0) is 67.4 Å². The average Bonchev–Trinajstić information content (AvgIpc) is 2.84. The van der Waals surface area contributed by atoms with Gasteiger partial charge in [0.15, 0.2) is 22.4 Å². The number of rotatable bonds is 5. The number of para-hydroxylation sites is 1. The molecule has 0 fully saturated rings. The van der Waals surface area contributed by atoms with Gasteiger partial charge in [-0.15, -0.1) is 0 Å². The number of thioether (sulfide) groups is 1. The van der Waals surface area contributed by atoms with Crippen LogP contribution in [-0.2, 0) is 0 Å². The summed E-state index contributed by atoms with van der Waals surface area (Å²) >= 11 is 1.25. The monoisotopic (exact) mass is 458 g/mol. The van der Waals surface area contributed by atoms with Crippen molar-refractivity contribution in [2.24, 2.45) is 0 Å². The molecule has 0 saturated heterocycles. The number of hydrogen-bond donors (Lipinski definition) is 0. The van der Waals surface area contributed by atoms with Crippen LogP contribution < -0.4 is 15.0 Å². The van der Waals surface area contributed by atoms with Gasteiger partial charge in [-0.3, -0.25) is 14.2 Å². The van der Waals surface area contributed by atoms with Crippen molar-refractivity contribution >= 4 is 28.4 Å². The zero-order valence-electron chi connectivity index (χ0n) is 18.3. The smallest absolute Gasteiger partial charge is 0.266 e. The van der Waals surface area contributed by atoms with Gasteiger partial charge in [0.1, 0.15) is 13.2 Å². The largest absolute Gasteiger partial charge is 0.486 e. The SMILES string of the molecule is Cc1ccc(-n2c(SCC(=O)c3ccc4c(c3)OCCO4)nc3ccccc3c2=O)cc1C. The first-order chi connectivity index (χ1) is 16.0. The summed E-state index contributed by atoms with van der Waals surface area (Å²) < 4.78 is 12.7. The fourth-order valence-electron chi connectivity index (χ4n) is 3.73. The summed E-state index contributed by atoms with van der Waals surface area (Å²) in [6.07, 6.45) is 0. The summed E-state index contributed by atoms with van der Waals surface area (Å²) in [6.45, 7) is 5.00. The van der Waals surface area contributed by atoms with E-state index in [0.717, 1.165) is 16.8 Å². The first-order valence-corrected chi connectivity index (χ1v) is 11.6. The van der Waals surface area contributed by atoms with E-state index in [1.807, 2.05) is 50.2 Å². The molecule has 7 heteroatoms. The van der Waals surface area contributed by atoms with Crippen molar-refractivity contribution < 1.29 is 14.3 Å². The molecule has 0 spiro atoms. The van der Waals surface area contributed by atoms with Gasteiger partial charge < -0.3 is 9.47 Å². The van der Waals surface area contributed by atoms with Gasteiger partial charge in [0.25, 0.3) is 5.56 Å². The Labute approximate surface area is 195 Å². The molecule has 6 nitrogen and oxygen atoms in total. The van der Waals surface area contributed by atoms with E-state index in [2.05, 4.69) is 0 Å². The third-order valence-electron chi connectivity index (χ3n) is 5.69. The number of aryl methyl sites for hydroxylation is 2. The third kappa shape index (κ3) is 4.12. The zero-order valence-corrected chi connectivity index (χ0v) is 19.1. The first-order valence-electron chi connectivity index (χ1n) is 10.7. The molecule has 4 aromatic rings. The first kappa shape index (κ1) is 21.3. The van der Waals surface area contributed by atoms with Crippen LogP contribution in [0, 0.1) is 13.8 Å². The summed E-state index contributed by atoms with van der Waals surface area (Å²) in [4.78, 5) is 31.1. The molecule has 3 aromatic carbocycles. The van der Waals surface area contributed by atoms with Gasteiger partial charge in [-0.2, -0.15) is 0 Å². The number of carbonyl (C=O) groups is 1. The van der Waals surface area contributed by atoms with Crippen LogP contribution in [0.1, 0.15) is 21.5 Å². The number of ketones is 1. The van der Waals surface area contributed by atoms with E-state index in [-0.39, 0.29) is 17.1 Å². The van der Waals surface area contributed by atoms with Crippen molar-refractivity contribution in [3.63, 3.8) is 0 Å². The normalized spacial score (nSPS) is 12.7. The maximum Gasteiger partial charge on any atom is 0.266 e. The fourth-order valence-corrected chi connectivity index (χ4v) is 4.64. The summed E-state index contributed by atoms with van der Waals surface area (Å²) in [6, 6.07) is 18.3. The topological polar surface area (TPSA) is 70.4 Å². The summed E-state index contributed by atoms with van der Waals surface area (Å²) in [5, 5.41) is 1.02. The lowest BCUT2D eigenvalue weighted by Crippen LogP contribution is -2.22. The van der Waals surface area contributed by atoms with Crippen LogP contribution in [0.4, 0.5) is 0 Å². The van der Waals surface area contributed by atoms with Gasteiger partial charge in [-0.1, -0.05) is 30.0 Å². The number of carbonyl (C=O) groups excluding carboxylic acids is 1. The quantitative estimate of drug-likeness (QED) is 0.244. The van der Waals surface area contributed by atoms with Crippen LogP contribution in [0.15, 0.2) is 70.6 Å². The maximum absolute atomic E-state index is 13.4. The Balaban J connectivity index is 1.51. The lowest BCUT2D eigenvalue weighted by atomic mass is 10.1. The Morgan fingerprint density at radius 3 is 2.58 bits per heavy atom. The number of ether oxygens (including phenoxy) is 2. The van der Waals surface area contributed by atoms with Gasteiger partial charge >= 0.3 is 0 Å². The Hall–Kier alpha value is -3.58. The van der Waals surface area contributed by atoms with Crippen LogP contribution in [0.3, 0.4) is 0 Å². The van der Waals surface area contributed by atoms with Gasteiger partial charge in [0.05, 0.1) is 22.3 Å². The zero-order chi connectivity index (χ0) is 22.9. The summed E-state index contributed by atoms with van der Waals surface area (Å²) in [7, 11) is 0. The number of Topliss-reactive ketones (excluding diaryl/α,β-unsaturated/α-hetero) is 1. The summed E-state index contributed by atoms with van der Waals surface area (Å²) in [5.41, 5.74) is 3.94. The molecule has 1 aliphatic heterocycles. The van der Waals surface area contributed by atoms with E-state index in [9.17, 15) is 9.59 Å². The second kappa shape index (κ2) is 8.75. The highest BCUT2D eigenvalue weighted by molar-refractivity contribution is 7.99. The number of benzene rings is 3. The van der Waals surface area contributed by atoms with Crippen LogP contribution >= 0.6 is 11.8 Å². The standard InChI is InChI=1S/C26H22N2O4S/c1-16-7-9-19(13-17(16)2)28-25(30)20-5-3-4-6-21(20)27-26(28)33-15-22(29)18-8-10-23-24(14-18)32-12-11-31-23/h3-10,13-14H,11-12,15H2,1-2H3. The minimum absolute atomic E-state index is 0.0778. The Bertz CT molecular complexity index is 1440. The van der Waals surface area contributed by atoms with E-state index in [0.29, 0.717) is 46.3 Å². The fraction of sp³-hybridized carbons (Fsp3) is 0.192. The van der Waals surface area contributed by atoms with Crippen molar-refractivity contribution in [3.8, 4) is 17.2 Å². The third-order valence-corrected chi connectivity index (χ3v) is 6.63. The molecule has 1 aliphatic rings. The van der Waals surface area contributed by atoms with Crippen LogP contribution in [0.25, 0.3) is 16.6 Å². The van der Waals surface area contributed by atoms with E-state index in [4.69, 9.17) is 14.5 Å². The Morgan fingerprint density at radius 2 is 1.76 bits per heavy atom. The van der Waals surface area contributed by atoms with Crippen LogP contribution in [0.5, 0.6) is 11.5 Å². The average molecular weight is 459 g/mol. The molecular formula is C26H22N2O4S. The number of fused-ring (bicyclic) bond motifs is 2. The molecule has 1 aromatic heterocycles. The summed E-state index contributed by atoms with van der Waals surface area (Å²) in [5.74, 6) is 1.28. The van der Waals surface area contributed by atoms with E-state index >= 15 is 0 Å². The van der Waals surface area contributed by atoms with Gasteiger partial charge in [0, 0.05) is 5.56 Å². The van der Waals surface area contributed by atoms with Crippen LogP contribution in [0.2, 0.25) is 0 Å². The molecule has 0 unspecified atom stereocenters. The predicted molar refractivity (Wildman–Crippen MR) is 129 cm³/mol. The molecule has 0 bridgehead atoms. The molecule has 5 rings (SSSR count). The highest BCUT2D eigenvalue weighted by Crippen LogP contribution is 2.31. The lowest BCUT2D eigenvalue weighted by molar-refractivity contribution is 0.102. The molecular weight excluding hydrogens is 436 g/mol.